The number of hydrogen-bond acceptors (Lipinski definition) is 4. The summed E-state index contributed by atoms with van der Waals surface area (Å²) in [5, 5.41) is 17.2. The van der Waals surface area contributed by atoms with E-state index < -0.39 is 6.10 Å². The molecule has 25 heavy (non-hydrogen) atoms. The SMILES string of the molecule is O=C(NCC12CC(CN1C(=O)[C@@H]1CCCC[C@H]1O)C2)c1cscc1Cl. The van der Waals surface area contributed by atoms with Gasteiger partial charge in [0.25, 0.3) is 5.91 Å². The van der Waals surface area contributed by atoms with Crippen LogP contribution in [0.25, 0.3) is 0 Å². The molecule has 0 unspecified atom stereocenters. The Bertz CT molecular complexity index is 686. The van der Waals surface area contributed by atoms with Gasteiger partial charge in [0.1, 0.15) is 0 Å². The number of thiophene rings is 1. The number of nitrogens with zero attached hydrogens (tertiary/aromatic N) is 1. The van der Waals surface area contributed by atoms with E-state index in [1.807, 2.05) is 4.90 Å². The lowest BCUT2D eigenvalue weighted by atomic mass is 9.73. The number of hydrogen-bond donors (Lipinski definition) is 2. The number of fused-ring (bicyclic) bond motifs is 1. The van der Waals surface area contributed by atoms with Crippen LogP contribution in [0.4, 0.5) is 0 Å². The zero-order valence-corrected chi connectivity index (χ0v) is 15.6. The van der Waals surface area contributed by atoms with E-state index in [-0.39, 0.29) is 23.3 Å². The molecule has 5 rings (SSSR count). The summed E-state index contributed by atoms with van der Waals surface area (Å²) in [7, 11) is 0. The van der Waals surface area contributed by atoms with Crippen molar-refractivity contribution in [2.24, 2.45) is 11.8 Å². The number of carbonyl (C=O) groups is 2. The summed E-state index contributed by atoms with van der Waals surface area (Å²) in [6.45, 7) is 1.22. The highest BCUT2D eigenvalue weighted by atomic mass is 35.5. The van der Waals surface area contributed by atoms with E-state index in [0.717, 1.165) is 38.6 Å². The summed E-state index contributed by atoms with van der Waals surface area (Å²) in [6.07, 6.45) is 4.86. The summed E-state index contributed by atoms with van der Waals surface area (Å²) in [4.78, 5) is 27.3. The van der Waals surface area contributed by atoms with Crippen molar-refractivity contribution in [3.8, 4) is 0 Å². The first-order valence-corrected chi connectivity index (χ1v) is 10.3. The Morgan fingerprint density at radius 1 is 1.32 bits per heavy atom. The second-order valence-corrected chi connectivity index (χ2v) is 8.87. The van der Waals surface area contributed by atoms with Crippen molar-refractivity contribution in [2.75, 3.05) is 13.1 Å². The third-order valence-electron chi connectivity index (χ3n) is 6.10. The van der Waals surface area contributed by atoms with Crippen LogP contribution in [0.3, 0.4) is 0 Å². The van der Waals surface area contributed by atoms with E-state index in [2.05, 4.69) is 5.32 Å². The summed E-state index contributed by atoms with van der Waals surface area (Å²) in [5.74, 6) is 0.161. The van der Waals surface area contributed by atoms with E-state index in [0.29, 0.717) is 29.5 Å². The topological polar surface area (TPSA) is 69.6 Å². The van der Waals surface area contributed by atoms with Gasteiger partial charge in [0.05, 0.1) is 28.1 Å². The molecule has 2 N–H and O–H groups in total. The average molecular weight is 383 g/mol. The summed E-state index contributed by atoms with van der Waals surface area (Å²) >= 11 is 7.43. The van der Waals surface area contributed by atoms with Crippen LogP contribution in [-0.2, 0) is 4.79 Å². The second-order valence-electron chi connectivity index (χ2n) is 7.72. The van der Waals surface area contributed by atoms with E-state index >= 15 is 0 Å². The molecule has 136 valence electrons. The van der Waals surface area contributed by atoms with Gasteiger partial charge < -0.3 is 15.3 Å². The highest BCUT2D eigenvalue weighted by molar-refractivity contribution is 7.08. The molecule has 0 spiro atoms. The monoisotopic (exact) mass is 382 g/mol. The Hall–Kier alpha value is -1.11. The number of amides is 2. The van der Waals surface area contributed by atoms with E-state index in [1.165, 1.54) is 11.3 Å². The molecule has 1 aromatic heterocycles. The number of halogens is 1. The van der Waals surface area contributed by atoms with Gasteiger partial charge >= 0.3 is 0 Å². The minimum atomic E-state index is -0.518. The second kappa shape index (κ2) is 6.56. The molecule has 0 radical (unpaired) electrons. The summed E-state index contributed by atoms with van der Waals surface area (Å²) in [6, 6.07) is 0. The lowest BCUT2D eigenvalue weighted by Crippen LogP contribution is -2.57. The van der Waals surface area contributed by atoms with Crippen LogP contribution < -0.4 is 5.32 Å². The predicted molar refractivity (Wildman–Crippen MR) is 96.8 cm³/mol. The largest absolute Gasteiger partial charge is 0.392 e. The molecule has 2 bridgehead atoms. The van der Waals surface area contributed by atoms with Gasteiger partial charge in [-0.2, -0.15) is 0 Å². The molecular formula is C18H23ClN2O3S. The van der Waals surface area contributed by atoms with Crippen molar-refractivity contribution in [1.82, 2.24) is 10.2 Å². The number of nitrogens with one attached hydrogen (secondary N) is 1. The van der Waals surface area contributed by atoms with Crippen molar-refractivity contribution in [2.45, 2.75) is 50.2 Å². The van der Waals surface area contributed by atoms with E-state index in [1.54, 1.807) is 10.8 Å². The molecule has 2 saturated carbocycles. The Kier molecular flexibility index (Phi) is 4.54. The number of aliphatic hydroxyl groups excluding tert-OH is 1. The van der Waals surface area contributed by atoms with Crippen LogP contribution in [-0.4, -0.2) is 46.6 Å². The number of carbonyl (C=O) groups excluding carboxylic acids is 2. The fourth-order valence-electron chi connectivity index (χ4n) is 4.76. The van der Waals surface area contributed by atoms with Crippen LogP contribution in [0.1, 0.15) is 48.9 Å². The van der Waals surface area contributed by atoms with Crippen LogP contribution in [0.15, 0.2) is 10.8 Å². The molecule has 2 atom stereocenters. The molecule has 4 aliphatic rings. The maximum atomic E-state index is 13.0. The molecule has 2 amide bonds. The molecule has 2 saturated heterocycles. The van der Waals surface area contributed by atoms with Crippen LogP contribution in [0, 0.1) is 11.8 Å². The van der Waals surface area contributed by atoms with E-state index in [4.69, 9.17) is 11.6 Å². The molecular weight excluding hydrogens is 360 g/mol. The van der Waals surface area contributed by atoms with Crippen molar-refractivity contribution < 1.29 is 14.7 Å². The predicted octanol–water partition coefficient (Wildman–Crippen LogP) is 2.67. The van der Waals surface area contributed by atoms with Crippen molar-refractivity contribution in [1.29, 1.82) is 0 Å². The highest BCUT2D eigenvalue weighted by Crippen LogP contribution is 2.51. The van der Waals surface area contributed by atoms with Crippen LogP contribution in [0.5, 0.6) is 0 Å². The maximum absolute atomic E-state index is 13.0. The zero-order chi connectivity index (χ0) is 17.6. The molecule has 5 nitrogen and oxygen atoms in total. The quantitative estimate of drug-likeness (QED) is 0.841. The van der Waals surface area contributed by atoms with E-state index in [9.17, 15) is 14.7 Å². The van der Waals surface area contributed by atoms with Crippen molar-refractivity contribution in [3.63, 3.8) is 0 Å². The lowest BCUT2D eigenvalue weighted by molar-refractivity contribution is -0.144. The minimum Gasteiger partial charge on any atom is -0.392 e. The van der Waals surface area contributed by atoms with Gasteiger partial charge in [-0.05, 0) is 31.6 Å². The van der Waals surface area contributed by atoms with Gasteiger partial charge in [-0.3, -0.25) is 9.59 Å². The third kappa shape index (κ3) is 2.98. The van der Waals surface area contributed by atoms with Gasteiger partial charge in [-0.1, -0.05) is 24.4 Å². The fraction of sp³-hybridized carbons (Fsp3) is 0.667. The van der Waals surface area contributed by atoms with Gasteiger partial charge in [-0.25, -0.2) is 0 Å². The first kappa shape index (κ1) is 17.3. The fourth-order valence-corrected chi connectivity index (χ4v) is 5.81. The molecule has 3 heterocycles. The van der Waals surface area contributed by atoms with Crippen LogP contribution in [0.2, 0.25) is 5.02 Å². The molecule has 4 fully saturated rings. The van der Waals surface area contributed by atoms with Gasteiger partial charge in [0.2, 0.25) is 5.91 Å². The molecule has 2 aliphatic heterocycles. The Balaban J connectivity index is 1.43. The zero-order valence-electron chi connectivity index (χ0n) is 14.0. The van der Waals surface area contributed by atoms with Gasteiger partial charge in [-0.15, -0.1) is 11.3 Å². The molecule has 7 heteroatoms. The lowest BCUT2D eigenvalue weighted by Gasteiger charge is -2.44. The average Bonchev–Trinajstić information content (AvgIpc) is 3.24. The normalized spacial score (nSPS) is 33.8. The van der Waals surface area contributed by atoms with Gasteiger partial charge in [0.15, 0.2) is 0 Å². The molecule has 0 aromatic carbocycles. The molecule has 2 aliphatic carbocycles. The van der Waals surface area contributed by atoms with Crippen molar-refractivity contribution >= 4 is 34.8 Å². The number of rotatable bonds is 4. The van der Waals surface area contributed by atoms with Crippen molar-refractivity contribution in [3.05, 3.63) is 21.3 Å². The minimum absolute atomic E-state index is 0.0787. The Morgan fingerprint density at radius 3 is 2.76 bits per heavy atom. The third-order valence-corrected chi connectivity index (χ3v) is 7.29. The smallest absolute Gasteiger partial charge is 0.253 e. The van der Waals surface area contributed by atoms with Crippen LogP contribution >= 0.6 is 22.9 Å². The summed E-state index contributed by atoms with van der Waals surface area (Å²) in [5.41, 5.74) is 0.231. The first-order chi connectivity index (χ1) is 12.0. The Morgan fingerprint density at radius 2 is 2.08 bits per heavy atom. The first-order valence-electron chi connectivity index (χ1n) is 9.00. The van der Waals surface area contributed by atoms with Gasteiger partial charge in [0, 0.05) is 23.8 Å². The maximum Gasteiger partial charge on any atom is 0.253 e. The Labute approximate surface area is 156 Å². The molecule has 1 aromatic rings. The standard InChI is InChI=1S/C18H23ClN2O3S/c19-14-9-25-8-13(14)16(23)20-10-18-5-11(6-18)7-21(18)17(24)12-3-1-2-4-15(12)22/h8-9,11-12,15,22H,1-7,10H2,(H,20,23)/t11?,12-,15-,18?/m1/s1. The summed E-state index contributed by atoms with van der Waals surface area (Å²) < 4.78 is 0. The highest BCUT2D eigenvalue weighted by Gasteiger charge is 2.58. The number of aliphatic hydroxyl groups is 1.